The lowest BCUT2D eigenvalue weighted by Gasteiger charge is -2.24. The van der Waals surface area contributed by atoms with Crippen LogP contribution in [0.15, 0.2) is 4.99 Å². The highest BCUT2D eigenvalue weighted by Crippen LogP contribution is 2.25. The van der Waals surface area contributed by atoms with E-state index in [2.05, 4.69) is 34.5 Å². The Morgan fingerprint density at radius 2 is 2.24 bits per heavy atom. The van der Waals surface area contributed by atoms with E-state index in [0.717, 1.165) is 45.3 Å². The van der Waals surface area contributed by atoms with Gasteiger partial charge in [-0.25, -0.2) is 0 Å². The Kier molecular flexibility index (Phi) is 3.66. The van der Waals surface area contributed by atoms with Gasteiger partial charge in [0.25, 0.3) is 5.91 Å². The van der Waals surface area contributed by atoms with Crippen LogP contribution in [-0.2, 0) is 4.79 Å². The Bertz CT molecular complexity index is 328. The quantitative estimate of drug-likeness (QED) is 0.729. The smallest absolute Gasteiger partial charge is 0.252 e. The maximum Gasteiger partial charge on any atom is 0.252 e. The maximum absolute atomic E-state index is 12.1. The molecule has 17 heavy (non-hydrogen) atoms. The van der Waals surface area contributed by atoms with Crippen LogP contribution in [0.25, 0.3) is 0 Å². The van der Waals surface area contributed by atoms with Gasteiger partial charge in [-0.2, -0.15) is 0 Å². The average Bonchev–Trinajstić information content (AvgIpc) is 2.47. The molecule has 0 aliphatic carbocycles. The molecule has 1 atom stereocenters. The van der Waals surface area contributed by atoms with Crippen molar-refractivity contribution in [1.82, 2.24) is 15.5 Å². The van der Waals surface area contributed by atoms with Crippen LogP contribution in [0.5, 0.6) is 0 Å². The minimum atomic E-state index is -0.405. The predicted octanol–water partition coefficient (Wildman–Crippen LogP) is 0.326. The predicted molar refractivity (Wildman–Crippen MR) is 68.0 cm³/mol. The molecule has 0 saturated carbocycles. The number of hydrogen-bond donors (Lipinski definition) is 2. The van der Waals surface area contributed by atoms with Crippen molar-refractivity contribution in [2.45, 2.75) is 38.1 Å². The van der Waals surface area contributed by atoms with E-state index in [4.69, 9.17) is 0 Å². The van der Waals surface area contributed by atoms with Gasteiger partial charge >= 0.3 is 0 Å². The number of nitrogens with zero attached hydrogens (tertiary/aromatic N) is 2. The first-order valence-corrected chi connectivity index (χ1v) is 6.49. The highest BCUT2D eigenvalue weighted by molar-refractivity contribution is 6.09. The van der Waals surface area contributed by atoms with E-state index in [1.54, 1.807) is 0 Å². The van der Waals surface area contributed by atoms with Crippen molar-refractivity contribution in [3.63, 3.8) is 0 Å². The molecule has 2 heterocycles. The minimum Gasteiger partial charge on any atom is -0.342 e. The molecule has 0 radical (unpaired) electrons. The molecule has 2 N–H and O–H groups in total. The van der Waals surface area contributed by atoms with Crippen LogP contribution >= 0.6 is 0 Å². The molecule has 2 aliphatic heterocycles. The Hall–Kier alpha value is -1.10. The summed E-state index contributed by atoms with van der Waals surface area (Å²) < 4.78 is 0. The highest BCUT2D eigenvalue weighted by atomic mass is 16.2. The van der Waals surface area contributed by atoms with E-state index < -0.39 is 5.54 Å². The number of carbonyl (C=O) groups excluding carboxylic acids is 1. The molecular formula is C12H22N4O. The zero-order valence-electron chi connectivity index (χ0n) is 10.8. The Labute approximate surface area is 103 Å². The maximum atomic E-state index is 12.1. The Balaban J connectivity index is 2.07. The standard InChI is InChI=1S/C12H22N4O/c1-3-7-13-11-14-10(17)12(15-11)5-4-8-16(2)9-6-12/h3-9H2,1-2H3,(H2,13,14,15,17). The molecule has 0 aromatic rings. The van der Waals surface area contributed by atoms with Gasteiger partial charge in [-0.05, 0) is 39.3 Å². The summed E-state index contributed by atoms with van der Waals surface area (Å²) >= 11 is 0. The second-order valence-corrected chi connectivity index (χ2v) is 5.05. The van der Waals surface area contributed by atoms with Gasteiger partial charge in [0.15, 0.2) is 5.96 Å². The lowest BCUT2D eigenvalue weighted by atomic mass is 9.91. The molecule has 1 amide bonds. The zero-order valence-corrected chi connectivity index (χ0v) is 10.8. The van der Waals surface area contributed by atoms with Gasteiger partial charge in [0.05, 0.1) is 0 Å². The van der Waals surface area contributed by atoms with Crippen molar-refractivity contribution in [3.05, 3.63) is 0 Å². The van der Waals surface area contributed by atoms with Crippen LogP contribution in [0.2, 0.25) is 0 Å². The fourth-order valence-corrected chi connectivity index (χ4v) is 2.47. The normalized spacial score (nSPS) is 32.6. The second-order valence-electron chi connectivity index (χ2n) is 5.05. The SMILES string of the molecule is CCCN=C1NC(=O)C2(CCCN(C)CC2)N1. The van der Waals surface area contributed by atoms with E-state index in [1.807, 2.05) is 0 Å². The third-order valence-corrected chi connectivity index (χ3v) is 3.58. The summed E-state index contributed by atoms with van der Waals surface area (Å²) in [7, 11) is 2.11. The third kappa shape index (κ3) is 2.60. The lowest BCUT2D eigenvalue weighted by molar-refractivity contribution is -0.124. The van der Waals surface area contributed by atoms with Gasteiger partial charge < -0.3 is 10.2 Å². The van der Waals surface area contributed by atoms with E-state index >= 15 is 0 Å². The molecule has 96 valence electrons. The molecule has 0 aromatic heterocycles. The lowest BCUT2D eigenvalue weighted by Crippen LogP contribution is -2.47. The monoisotopic (exact) mass is 238 g/mol. The molecule has 2 aliphatic rings. The van der Waals surface area contributed by atoms with Gasteiger partial charge in [0, 0.05) is 13.1 Å². The summed E-state index contributed by atoms with van der Waals surface area (Å²) in [6.07, 6.45) is 3.81. The Morgan fingerprint density at radius 1 is 1.41 bits per heavy atom. The molecular weight excluding hydrogens is 216 g/mol. The number of carbonyl (C=O) groups is 1. The number of guanidine groups is 1. The number of aliphatic imine (C=N–C) groups is 1. The first-order chi connectivity index (χ1) is 8.16. The van der Waals surface area contributed by atoms with Crippen LogP contribution in [0.3, 0.4) is 0 Å². The van der Waals surface area contributed by atoms with E-state index in [0.29, 0.717) is 5.96 Å². The van der Waals surface area contributed by atoms with Crippen LogP contribution in [0.1, 0.15) is 32.6 Å². The molecule has 0 aromatic carbocycles. The van der Waals surface area contributed by atoms with Crippen molar-refractivity contribution in [2.24, 2.45) is 4.99 Å². The van der Waals surface area contributed by atoms with Gasteiger partial charge in [-0.3, -0.25) is 15.1 Å². The van der Waals surface area contributed by atoms with Crippen LogP contribution in [-0.4, -0.2) is 49.0 Å². The van der Waals surface area contributed by atoms with Gasteiger partial charge in [-0.1, -0.05) is 6.92 Å². The largest absolute Gasteiger partial charge is 0.342 e. The fourth-order valence-electron chi connectivity index (χ4n) is 2.47. The van der Waals surface area contributed by atoms with Crippen molar-refractivity contribution in [1.29, 1.82) is 0 Å². The summed E-state index contributed by atoms with van der Waals surface area (Å²) in [6, 6.07) is 0. The summed E-state index contributed by atoms with van der Waals surface area (Å²) in [5.41, 5.74) is -0.405. The number of amides is 1. The third-order valence-electron chi connectivity index (χ3n) is 3.58. The molecule has 0 bridgehead atoms. The van der Waals surface area contributed by atoms with Crippen molar-refractivity contribution < 1.29 is 4.79 Å². The van der Waals surface area contributed by atoms with E-state index in [1.165, 1.54) is 0 Å². The number of rotatable bonds is 2. The highest BCUT2D eigenvalue weighted by Gasteiger charge is 2.45. The summed E-state index contributed by atoms with van der Waals surface area (Å²) in [5, 5.41) is 6.19. The molecule has 1 unspecified atom stereocenters. The molecule has 2 fully saturated rings. The van der Waals surface area contributed by atoms with Crippen LogP contribution < -0.4 is 10.6 Å². The molecule has 2 rings (SSSR count). The molecule has 2 saturated heterocycles. The molecule has 5 nitrogen and oxygen atoms in total. The molecule has 1 spiro atoms. The summed E-state index contributed by atoms with van der Waals surface area (Å²) in [6.45, 7) is 4.87. The second kappa shape index (κ2) is 5.04. The minimum absolute atomic E-state index is 0.0997. The number of nitrogens with one attached hydrogen (secondary N) is 2. The average molecular weight is 238 g/mol. The Morgan fingerprint density at radius 3 is 3.00 bits per heavy atom. The van der Waals surface area contributed by atoms with Crippen molar-refractivity contribution in [2.75, 3.05) is 26.7 Å². The van der Waals surface area contributed by atoms with Gasteiger partial charge in [-0.15, -0.1) is 0 Å². The molecule has 5 heteroatoms. The van der Waals surface area contributed by atoms with Crippen LogP contribution in [0, 0.1) is 0 Å². The number of hydrogen-bond acceptors (Lipinski definition) is 3. The van der Waals surface area contributed by atoms with Crippen molar-refractivity contribution >= 4 is 11.9 Å². The van der Waals surface area contributed by atoms with Gasteiger partial charge in [0.1, 0.15) is 5.54 Å². The summed E-state index contributed by atoms with van der Waals surface area (Å²) in [5.74, 6) is 0.768. The van der Waals surface area contributed by atoms with E-state index in [-0.39, 0.29) is 5.91 Å². The van der Waals surface area contributed by atoms with E-state index in [9.17, 15) is 4.79 Å². The zero-order chi connectivity index (χ0) is 12.3. The fraction of sp³-hybridized carbons (Fsp3) is 0.833. The number of likely N-dealkylation sites (tertiary alicyclic amines) is 1. The first-order valence-electron chi connectivity index (χ1n) is 6.49. The first kappa shape index (κ1) is 12.4. The van der Waals surface area contributed by atoms with Gasteiger partial charge in [0.2, 0.25) is 0 Å². The summed E-state index contributed by atoms with van der Waals surface area (Å²) in [4.78, 5) is 18.7. The topological polar surface area (TPSA) is 56.7 Å². The van der Waals surface area contributed by atoms with Crippen LogP contribution in [0.4, 0.5) is 0 Å². The van der Waals surface area contributed by atoms with Crippen molar-refractivity contribution in [3.8, 4) is 0 Å².